The lowest BCUT2D eigenvalue weighted by atomic mass is 10.2. The molecule has 1 N–H and O–H groups in total. The molecule has 1 aromatic heterocycles. The van der Waals surface area contributed by atoms with Crippen LogP contribution in [0, 0.1) is 6.92 Å². The number of methoxy groups -OCH3 is 1. The Morgan fingerprint density at radius 1 is 1.29 bits per heavy atom. The molecule has 0 aliphatic rings. The Kier molecular flexibility index (Phi) is 5.73. The van der Waals surface area contributed by atoms with Gasteiger partial charge in [0.15, 0.2) is 5.69 Å². The molecule has 0 unspecified atom stereocenters. The van der Waals surface area contributed by atoms with E-state index in [1.807, 2.05) is 30.3 Å². The van der Waals surface area contributed by atoms with Crippen molar-refractivity contribution in [1.29, 1.82) is 0 Å². The van der Waals surface area contributed by atoms with Gasteiger partial charge in [0.1, 0.15) is 18.1 Å². The number of allylic oxidation sites excluding steroid dienone is 1. The molecule has 1 amide bonds. The largest absolute Gasteiger partial charge is 0.464 e. The van der Waals surface area contributed by atoms with Crippen LogP contribution >= 0.6 is 0 Å². The molecule has 126 valence electrons. The lowest BCUT2D eigenvalue weighted by Gasteiger charge is -2.07. The number of hydrogen-bond donors (Lipinski definition) is 1. The van der Waals surface area contributed by atoms with Gasteiger partial charge in [0.05, 0.1) is 7.11 Å². The molecule has 0 saturated heterocycles. The zero-order chi connectivity index (χ0) is 17.5. The first-order valence-corrected chi connectivity index (χ1v) is 7.25. The third-order valence-corrected chi connectivity index (χ3v) is 3.14. The van der Waals surface area contributed by atoms with E-state index in [0.717, 1.165) is 5.56 Å². The van der Waals surface area contributed by atoms with Crippen LogP contribution in [0.5, 0.6) is 0 Å². The first kappa shape index (κ1) is 17.3. The molecule has 1 aromatic carbocycles. The molecule has 24 heavy (non-hydrogen) atoms. The van der Waals surface area contributed by atoms with Crippen molar-refractivity contribution >= 4 is 17.8 Å². The van der Waals surface area contributed by atoms with E-state index >= 15 is 0 Å². The van der Waals surface area contributed by atoms with Crippen LogP contribution in [-0.4, -0.2) is 24.2 Å². The number of nitrogens with one attached hydrogen (secondary N) is 1. The third kappa shape index (κ3) is 4.22. The zero-order valence-corrected chi connectivity index (χ0v) is 13.7. The van der Waals surface area contributed by atoms with E-state index < -0.39 is 12.1 Å². The molecule has 0 spiro atoms. The van der Waals surface area contributed by atoms with Crippen molar-refractivity contribution in [3.8, 4) is 0 Å². The molecule has 0 fully saturated rings. The summed E-state index contributed by atoms with van der Waals surface area (Å²) in [6, 6.07) is 9.30. The van der Waals surface area contributed by atoms with Crippen LogP contribution in [0.25, 0.3) is 5.70 Å². The van der Waals surface area contributed by atoms with Crippen molar-refractivity contribution in [3.63, 3.8) is 0 Å². The summed E-state index contributed by atoms with van der Waals surface area (Å²) < 4.78 is 15.2. The number of nitrogens with zero attached hydrogens (tertiary/aromatic N) is 1. The van der Waals surface area contributed by atoms with E-state index in [0.29, 0.717) is 11.5 Å². The minimum Gasteiger partial charge on any atom is -0.464 e. The number of alkyl carbamates (subject to hydrolysis) is 1. The van der Waals surface area contributed by atoms with E-state index in [-0.39, 0.29) is 18.2 Å². The Hall–Kier alpha value is -3.09. The number of esters is 1. The van der Waals surface area contributed by atoms with Gasteiger partial charge in [-0.3, -0.25) is 5.32 Å². The van der Waals surface area contributed by atoms with Gasteiger partial charge in [0.2, 0.25) is 5.89 Å². The van der Waals surface area contributed by atoms with Crippen molar-refractivity contribution < 1.29 is 23.5 Å². The lowest BCUT2D eigenvalue weighted by molar-refractivity contribution is 0.0593. The van der Waals surface area contributed by atoms with E-state index in [1.54, 1.807) is 19.9 Å². The molecule has 0 atom stereocenters. The number of ether oxygens (including phenoxy) is 2. The monoisotopic (exact) mass is 330 g/mol. The highest BCUT2D eigenvalue weighted by Gasteiger charge is 2.20. The standard InChI is InChI=1S/C17H18N2O5/c1-4-13(15-19-14(11(2)24-15)16(20)22-3)18-17(21)23-10-12-8-6-5-7-9-12/h4-9H,10H2,1-3H3,(H,18,21)/b13-4-. The fraction of sp³-hybridized carbons (Fsp3) is 0.235. The van der Waals surface area contributed by atoms with Gasteiger partial charge in [0.25, 0.3) is 0 Å². The quantitative estimate of drug-likeness (QED) is 0.847. The average molecular weight is 330 g/mol. The second kappa shape index (κ2) is 7.96. The van der Waals surface area contributed by atoms with Gasteiger partial charge < -0.3 is 13.9 Å². The van der Waals surface area contributed by atoms with Crippen LogP contribution in [0.1, 0.15) is 34.6 Å². The summed E-state index contributed by atoms with van der Waals surface area (Å²) >= 11 is 0. The molecule has 7 heteroatoms. The topological polar surface area (TPSA) is 90.7 Å². The van der Waals surface area contributed by atoms with Gasteiger partial charge in [-0.1, -0.05) is 36.4 Å². The highest BCUT2D eigenvalue weighted by Crippen LogP contribution is 2.17. The summed E-state index contributed by atoms with van der Waals surface area (Å²) in [6.07, 6.45) is 0.943. The van der Waals surface area contributed by atoms with E-state index in [1.165, 1.54) is 7.11 Å². The summed E-state index contributed by atoms with van der Waals surface area (Å²) in [5.74, 6) is -0.202. The summed E-state index contributed by atoms with van der Waals surface area (Å²) in [4.78, 5) is 27.5. The van der Waals surface area contributed by atoms with Gasteiger partial charge in [-0.05, 0) is 19.4 Å². The fourth-order valence-corrected chi connectivity index (χ4v) is 1.92. The fourth-order valence-electron chi connectivity index (χ4n) is 1.92. The Bertz CT molecular complexity index is 750. The number of aromatic nitrogens is 1. The predicted octanol–water partition coefficient (Wildman–Crippen LogP) is 3.06. The SMILES string of the molecule is C/C=C(\NC(=O)OCc1ccccc1)c1nc(C(=O)OC)c(C)o1. The maximum absolute atomic E-state index is 11.9. The number of aryl methyl sites for hydroxylation is 1. The molecule has 2 rings (SSSR count). The Morgan fingerprint density at radius 3 is 2.62 bits per heavy atom. The Balaban J connectivity index is 2.02. The Labute approximate surface area is 139 Å². The molecular formula is C17H18N2O5. The number of carbonyl (C=O) groups excluding carboxylic acids is 2. The second-order valence-corrected chi connectivity index (χ2v) is 4.80. The van der Waals surface area contributed by atoms with Crippen molar-refractivity contribution in [1.82, 2.24) is 10.3 Å². The van der Waals surface area contributed by atoms with Gasteiger partial charge in [-0.15, -0.1) is 0 Å². The van der Waals surface area contributed by atoms with Crippen molar-refractivity contribution in [3.05, 3.63) is 59.3 Å². The van der Waals surface area contributed by atoms with Crippen molar-refractivity contribution in [2.45, 2.75) is 20.5 Å². The molecule has 0 bridgehead atoms. The highest BCUT2D eigenvalue weighted by atomic mass is 16.5. The van der Waals surface area contributed by atoms with E-state index in [4.69, 9.17) is 9.15 Å². The van der Waals surface area contributed by atoms with Gasteiger partial charge in [-0.25, -0.2) is 14.6 Å². The number of hydrogen-bond acceptors (Lipinski definition) is 6. The van der Waals surface area contributed by atoms with Crippen LogP contribution < -0.4 is 5.32 Å². The second-order valence-electron chi connectivity index (χ2n) is 4.80. The number of oxazole rings is 1. The van der Waals surface area contributed by atoms with Gasteiger partial charge in [0, 0.05) is 0 Å². The van der Waals surface area contributed by atoms with Crippen LogP contribution in [0.15, 0.2) is 40.8 Å². The summed E-state index contributed by atoms with van der Waals surface area (Å²) in [7, 11) is 1.26. The summed E-state index contributed by atoms with van der Waals surface area (Å²) in [6.45, 7) is 3.43. The van der Waals surface area contributed by atoms with Gasteiger partial charge in [-0.2, -0.15) is 0 Å². The van der Waals surface area contributed by atoms with Crippen LogP contribution in [0.2, 0.25) is 0 Å². The number of benzene rings is 1. The first-order valence-electron chi connectivity index (χ1n) is 7.25. The molecule has 0 radical (unpaired) electrons. The summed E-state index contributed by atoms with van der Waals surface area (Å²) in [5, 5.41) is 2.54. The van der Waals surface area contributed by atoms with E-state index in [2.05, 4.69) is 15.0 Å². The average Bonchev–Trinajstić information content (AvgIpc) is 2.99. The summed E-state index contributed by atoms with van der Waals surface area (Å²) in [5.41, 5.74) is 1.23. The molecule has 0 aliphatic carbocycles. The predicted molar refractivity (Wildman–Crippen MR) is 86.0 cm³/mol. The molecule has 0 saturated carbocycles. The van der Waals surface area contributed by atoms with Crippen LogP contribution in [0.3, 0.4) is 0 Å². The van der Waals surface area contributed by atoms with Gasteiger partial charge >= 0.3 is 12.1 Å². The minimum absolute atomic E-state index is 0.0614. The zero-order valence-electron chi connectivity index (χ0n) is 13.7. The van der Waals surface area contributed by atoms with Crippen LogP contribution in [-0.2, 0) is 16.1 Å². The lowest BCUT2D eigenvalue weighted by Crippen LogP contribution is -2.23. The maximum Gasteiger partial charge on any atom is 0.412 e. The molecule has 2 aromatic rings. The van der Waals surface area contributed by atoms with Crippen LogP contribution in [0.4, 0.5) is 4.79 Å². The molecule has 1 heterocycles. The maximum atomic E-state index is 11.9. The normalized spacial score (nSPS) is 11.0. The minimum atomic E-state index is -0.651. The number of rotatable bonds is 5. The smallest absolute Gasteiger partial charge is 0.412 e. The van der Waals surface area contributed by atoms with Crippen molar-refractivity contribution in [2.24, 2.45) is 0 Å². The molecule has 0 aliphatic heterocycles. The highest BCUT2D eigenvalue weighted by molar-refractivity contribution is 5.89. The number of carbonyl (C=O) groups is 2. The van der Waals surface area contributed by atoms with E-state index in [9.17, 15) is 9.59 Å². The molecular weight excluding hydrogens is 312 g/mol. The number of amides is 1. The molecule has 7 nitrogen and oxygen atoms in total. The Morgan fingerprint density at radius 2 is 2.00 bits per heavy atom. The first-order chi connectivity index (χ1) is 11.5. The third-order valence-electron chi connectivity index (χ3n) is 3.14. The van der Waals surface area contributed by atoms with Crippen molar-refractivity contribution in [2.75, 3.05) is 7.11 Å².